The summed E-state index contributed by atoms with van der Waals surface area (Å²) in [6.45, 7) is 0.892. The van der Waals surface area contributed by atoms with Crippen molar-refractivity contribution in [2.45, 2.75) is 44.4 Å². The topological polar surface area (TPSA) is 29.3 Å². The van der Waals surface area contributed by atoms with Gasteiger partial charge in [0.15, 0.2) is 0 Å². The maximum absolute atomic E-state index is 12.3. The molecule has 1 aliphatic carbocycles. The Bertz CT molecular complexity index is 238. The highest BCUT2D eigenvalue weighted by molar-refractivity contribution is 7.80. The van der Waals surface area contributed by atoms with Crippen molar-refractivity contribution in [1.82, 2.24) is 4.90 Å². The molecular formula is C9H15F3N2S. The smallest absolute Gasteiger partial charge is 0.392 e. The highest BCUT2D eigenvalue weighted by Gasteiger charge is 2.41. The molecule has 0 aromatic carbocycles. The first-order chi connectivity index (χ1) is 6.85. The number of rotatable bonds is 5. The second-order valence-corrected chi connectivity index (χ2v) is 4.32. The second kappa shape index (κ2) is 4.65. The summed E-state index contributed by atoms with van der Waals surface area (Å²) in [5.41, 5.74) is 5.45. The maximum Gasteiger partial charge on any atom is 0.401 e. The zero-order valence-electron chi connectivity index (χ0n) is 8.55. The van der Waals surface area contributed by atoms with Crippen LogP contribution in [0.25, 0.3) is 0 Å². The lowest BCUT2D eigenvalue weighted by atomic mass is 10.2. The van der Waals surface area contributed by atoms with Crippen LogP contribution in [-0.4, -0.2) is 34.7 Å². The third-order valence-electron chi connectivity index (χ3n) is 2.49. The van der Waals surface area contributed by atoms with Crippen molar-refractivity contribution in [3.05, 3.63) is 0 Å². The summed E-state index contributed by atoms with van der Waals surface area (Å²) in [7, 11) is 0. The van der Waals surface area contributed by atoms with Crippen LogP contribution >= 0.6 is 12.2 Å². The summed E-state index contributed by atoms with van der Waals surface area (Å²) >= 11 is 4.80. The molecule has 0 saturated heterocycles. The van der Waals surface area contributed by atoms with Crippen molar-refractivity contribution in [1.29, 1.82) is 0 Å². The Labute approximate surface area is 92.6 Å². The van der Waals surface area contributed by atoms with E-state index in [0.29, 0.717) is 6.42 Å². The predicted octanol–water partition coefficient (Wildman–Crippen LogP) is 2.08. The van der Waals surface area contributed by atoms with E-state index in [-0.39, 0.29) is 11.0 Å². The first-order valence-corrected chi connectivity index (χ1v) is 5.37. The normalized spacial score (nSPS) is 19.3. The van der Waals surface area contributed by atoms with Crippen molar-refractivity contribution in [2.24, 2.45) is 5.73 Å². The van der Waals surface area contributed by atoms with Crippen LogP contribution in [0.5, 0.6) is 0 Å². The van der Waals surface area contributed by atoms with Gasteiger partial charge in [0.25, 0.3) is 0 Å². The van der Waals surface area contributed by atoms with Gasteiger partial charge in [-0.2, -0.15) is 13.2 Å². The van der Waals surface area contributed by atoms with Crippen molar-refractivity contribution >= 4 is 17.2 Å². The Kier molecular flexibility index (Phi) is 3.94. The Morgan fingerprint density at radius 3 is 2.33 bits per heavy atom. The van der Waals surface area contributed by atoms with E-state index in [0.717, 1.165) is 12.8 Å². The van der Waals surface area contributed by atoms with Crippen LogP contribution in [0.2, 0.25) is 0 Å². The molecule has 2 nitrogen and oxygen atoms in total. The minimum absolute atomic E-state index is 0.0121. The summed E-state index contributed by atoms with van der Waals surface area (Å²) in [4.78, 5) is 1.55. The van der Waals surface area contributed by atoms with Crippen molar-refractivity contribution < 1.29 is 13.2 Å². The van der Waals surface area contributed by atoms with Gasteiger partial charge in [-0.05, 0) is 19.3 Å². The van der Waals surface area contributed by atoms with Crippen LogP contribution in [0, 0.1) is 0 Å². The van der Waals surface area contributed by atoms with Gasteiger partial charge in [0.1, 0.15) is 0 Å². The van der Waals surface area contributed by atoms with Crippen LogP contribution in [0.15, 0.2) is 0 Å². The molecule has 1 saturated carbocycles. The van der Waals surface area contributed by atoms with Crippen LogP contribution in [0.4, 0.5) is 13.2 Å². The van der Waals surface area contributed by atoms with E-state index >= 15 is 0 Å². The van der Waals surface area contributed by atoms with Gasteiger partial charge in [-0.3, -0.25) is 4.90 Å². The van der Waals surface area contributed by atoms with E-state index in [2.05, 4.69) is 0 Å². The quantitative estimate of drug-likeness (QED) is 0.746. The molecule has 0 radical (unpaired) electrons. The van der Waals surface area contributed by atoms with E-state index < -0.39 is 18.8 Å². The fourth-order valence-corrected chi connectivity index (χ4v) is 2.01. The predicted molar refractivity (Wildman–Crippen MR) is 56.6 cm³/mol. The van der Waals surface area contributed by atoms with Crippen LogP contribution < -0.4 is 5.73 Å². The zero-order valence-corrected chi connectivity index (χ0v) is 9.37. The second-order valence-electron chi connectivity index (χ2n) is 3.85. The SMILES string of the molecule is CCC(C(N)=S)N(CC(F)(F)F)C1CC1. The largest absolute Gasteiger partial charge is 0.401 e. The van der Waals surface area contributed by atoms with Gasteiger partial charge in [0.05, 0.1) is 17.6 Å². The van der Waals surface area contributed by atoms with Crippen molar-refractivity contribution in [3.8, 4) is 0 Å². The lowest BCUT2D eigenvalue weighted by molar-refractivity contribution is -0.149. The van der Waals surface area contributed by atoms with Gasteiger partial charge in [-0.1, -0.05) is 19.1 Å². The molecule has 0 bridgehead atoms. The molecule has 0 aromatic heterocycles. The summed E-state index contributed by atoms with van der Waals surface area (Å²) < 4.78 is 37.0. The summed E-state index contributed by atoms with van der Waals surface area (Å²) in [5.74, 6) is 0. The molecule has 1 fully saturated rings. The van der Waals surface area contributed by atoms with Crippen molar-refractivity contribution in [2.75, 3.05) is 6.54 Å². The average Bonchev–Trinajstić information content (AvgIpc) is 2.82. The molecule has 6 heteroatoms. The maximum atomic E-state index is 12.3. The van der Waals surface area contributed by atoms with E-state index in [1.165, 1.54) is 4.90 Å². The summed E-state index contributed by atoms with van der Waals surface area (Å²) in [6.07, 6.45) is -2.02. The fraction of sp³-hybridized carbons (Fsp3) is 0.889. The number of hydrogen-bond acceptors (Lipinski definition) is 2. The van der Waals surface area contributed by atoms with E-state index in [9.17, 15) is 13.2 Å². The van der Waals surface area contributed by atoms with Crippen LogP contribution in [-0.2, 0) is 0 Å². The molecule has 2 N–H and O–H groups in total. The van der Waals surface area contributed by atoms with Gasteiger partial charge in [-0.25, -0.2) is 0 Å². The zero-order chi connectivity index (χ0) is 11.6. The minimum atomic E-state index is -4.18. The first kappa shape index (κ1) is 12.7. The standard InChI is InChI=1S/C9H15F3N2S/c1-2-7(8(13)15)14(6-3-4-6)5-9(10,11)12/h6-7H,2-5H2,1H3,(H2,13,15). The number of nitrogens with two attached hydrogens (primary N) is 1. The summed E-state index contributed by atoms with van der Waals surface area (Å²) in [5, 5.41) is 0. The van der Waals surface area contributed by atoms with Crippen molar-refractivity contribution in [3.63, 3.8) is 0 Å². The first-order valence-electron chi connectivity index (χ1n) is 4.97. The van der Waals surface area contributed by atoms with Gasteiger partial charge in [0.2, 0.25) is 0 Å². The van der Waals surface area contributed by atoms with Gasteiger partial charge >= 0.3 is 6.18 Å². The van der Waals surface area contributed by atoms with Gasteiger partial charge in [0, 0.05) is 6.04 Å². The third kappa shape index (κ3) is 3.95. The molecule has 0 amide bonds. The van der Waals surface area contributed by atoms with Gasteiger partial charge < -0.3 is 5.73 Å². The molecule has 0 aromatic rings. The molecule has 0 heterocycles. The number of halogens is 3. The van der Waals surface area contributed by atoms with E-state index in [1.54, 1.807) is 6.92 Å². The highest BCUT2D eigenvalue weighted by atomic mass is 32.1. The molecular weight excluding hydrogens is 225 g/mol. The molecule has 15 heavy (non-hydrogen) atoms. The van der Waals surface area contributed by atoms with E-state index in [4.69, 9.17) is 18.0 Å². The van der Waals surface area contributed by atoms with Crippen LogP contribution in [0.3, 0.4) is 0 Å². The minimum Gasteiger partial charge on any atom is -0.392 e. The summed E-state index contributed by atoms with van der Waals surface area (Å²) in [6, 6.07) is -0.410. The fourth-order valence-electron chi connectivity index (χ4n) is 1.71. The molecule has 0 spiro atoms. The lowest BCUT2D eigenvalue weighted by Gasteiger charge is -2.30. The molecule has 88 valence electrons. The number of nitrogens with zero attached hydrogens (tertiary/aromatic N) is 1. The molecule has 1 rings (SSSR count). The molecule has 1 aliphatic rings. The number of thiocarbonyl (C=S) groups is 1. The van der Waals surface area contributed by atoms with E-state index in [1.807, 2.05) is 0 Å². The molecule has 1 unspecified atom stereocenters. The molecule has 1 atom stereocenters. The Morgan fingerprint density at radius 2 is 2.07 bits per heavy atom. The number of alkyl halides is 3. The number of hydrogen-bond donors (Lipinski definition) is 1. The molecule has 0 aliphatic heterocycles. The Morgan fingerprint density at radius 1 is 1.53 bits per heavy atom. The third-order valence-corrected chi connectivity index (χ3v) is 2.77. The Hall–Kier alpha value is -0.360. The lowest BCUT2D eigenvalue weighted by Crippen LogP contribution is -2.48. The monoisotopic (exact) mass is 240 g/mol. The van der Waals surface area contributed by atoms with Gasteiger partial charge in [-0.15, -0.1) is 0 Å². The average molecular weight is 240 g/mol. The van der Waals surface area contributed by atoms with Crippen LogP contribution in [0.1, 0.15) is 26.2 Å². The Balaban J connectivity index is 2.67. The highest BCUT2D eigenvalue weighted by Crippen LogP contribution is 2.32.